The standard InChI is InChI=1S/C16H17N3O2/c20-15-8-4-7-14(18-15)16(21)17-12-5-3-6-13(11-12)19-9-1-2-10-19/h3-8,11H,1-2,9-10H2,(H,17,21)(H,18,20). The van der Waals surface area contributed by atoms with Crippen LogP contribution in [-0.2, 0) is 0 Å². The lowest BCUT2D eigenvalue weighted by Gasteiger charge is -2.18. The van der Waals surface area contributed by atoms with Gasteiger partial charge < -0.3 is 15.2 Å². The summed E-state index contributed by atoms with van der Waals surface area (Å²) in [5.41, 5.74) is 1.82. The summed E-state index contributed by atoms with van der Waals surface area (Å²) in [5, 5.41) is 2.81. The normalized spacial score (nSPS) is 14.2. The van der Waals surface area contributed by atoms with Gasteiger partial charge in [-0.1, -0.05) is 12.1 Å². The van der Waals surface area contributed by atoms with Crippen molar-refractivity contribution in [1.82, 2.24) is 4.98 Å². The van der Waals surface area contributed by atoms with E-state index in [0.717, 1.165) is 24.5 Å². The number of anilines is 2. The van der Waals surface area contributed by atoms with Crippen LogP contribution >= 0.6 is 0 Å². The second kappa shape index (κ2) is 5.83. The van der Waals surface area contributed by atoms with Gasteiger partial charge in [0.15, 0.2) is 0 Å². The molecule has 0 radical (unpaired) electrons. The third-order valence-electron chi connectivity index (χ3n) is 3.59. The van der Waals surface area contributed by atoms with Gasteiger partial charge in [0.1, 0.15) is 5.69 Å². The van der Waals surface area contributed by atoms with Crippen molar-refractivity contribution in [3.63, 3.8) is 0 Å². The van der Waals surface area contributed by atoms with Gasteiger partial charge in [-0.2, -0.15) is 0 Å². The molecule has 0 spiro atoms. The van der Waals surface area contributed by atoms with E-state index in [2.05, 4.69) is 15.2 Å². The lowest BCUT2D eigenvalue weighted by molar-refractivity contribution is 0.102. The zero-order chi connectivity index (χ0) is 14.7. The van der Waals surface area contributed by atoms with E-state index in [1.165, 1.54) is 18.9 Å². The number of amides is 1. The van der Waals surface area contributed by atoms with Gasteiger partial charge in [-0.15, -0.1) is 0 Å². The number of hydrogen-bond acceptors (Lipinski definition) is 3. The maximum absolute atomic E-state index is 12.1. The number of hydrogen-bond donors (Lipinski definition) is 2. The number of nitrogens with one attached hydrogen (secondary N) is 2. The summed E-state index contributed by atoms with van der Waals surface area (Å²) in [6.07, 6.45) is 2.42. The molecule has 0 unspecified atom stereocenters. The Kier molecular flexibility index (Phi) is 3.73. The first-order valence-electron chi connectivity index (χ1n) is 7.08. The average Bonchev–Trinajstić information content (AvgIpc) is 3.02. The molecule has 1 saturated heterocycles. The van der Waals surface area contributed by atoms with Crippen LogP contribution in [0, 0.1) is 0 Å². The molecule has 1 fully saturated rings. The molecule has 0 saturated carbocycles. The van der Waals surface area contributed by atoms with Gasteiger partial charge in [-0.05, 0) is 37.1 Å². The lowest BCUT2D eigenvalue weighted by Crippen LogP contribution is -2.19. The predicted molar refractivity (Wildman–Crippen MR) is 82.9 cm³/mol. The molecule has 1 aromatic carbocycles. The van der Waals surface area contributed by atoms with E-state index >= 15 is 0 Å². The van der Waals surface area contributed by atoms with Crippen molar-refractivity contribution in [2.24, 2.45) is 0 Å². The Bertz CT molecular complexity index is 702. The molecular weight excluding hydrogens is 266 g/mol. The Hall–Kier alpha value is -2.56. The van der Waals surface area contributed by atoms with Gasteiger partial charge in [0.2, 0.25) is 5.56 Å². The predicted octanol–water partition coefficient (Wildman–Crippen LogP) is 2.23. The smallest absolute Gasteiger partial charge is 0.272 e. The van der Waals surface area contributed by atoms with Crippen molar-refractivity contribution < 1.29 is 4.79 Å². The number of aromatic amines is 1. The van der Waals surface area contributed by atoms with Crippen molar-refractivity contribution in [1.29, 1.82) is 0 Å². The van der Waals surface area contributed by atoms with Crippen molar-refractivity contribution in [2.75, 3.05) is 23.3 Å². The molecule has 0 atom stereocenters. The monoisotopic (exact) mass is 283 g/mol. The van der Waals surface area contributed by atoms with Crippen LogP contribution in [0.15, 0.2) is 47.3 Å². The molecule has 21 heavy (non-hydrogen) atoms. The van der Waals surface area contributed by atoms with E-state index < -0.39 is 0 Å². The molecule has 1 aromatic heterocycles. The minimum atomic E-state index is -0.314. The molecule has 2 aromatic rings. The summed E-state index contributed by atoms with van der Waals surface area (Å²) in [5.74, 6) is -0.314. The first-order valence-corrected chi connectivity index (χ1v) is 7.08. The average molecular weight is 283 g/mol. The van der Waals surface area contributed by atoms with Gasteiger partial charge >= 0.3 is 0 Å². The second-order valence-corrected chi connectivity index (χ2v) is 5.13. The van der Waals surface area contributed by atoms with Crippen molar-refractivity contribution in [2.45, 2.75) is 12.8 Å². The highest BCUT2D eigenvalue weighted by atomic mass is 16.2. The Balaban J connectivity index is 1.77. The fourth-order valence-electron chi connectivity index (χ4n) is 2.53. The van der Waals surface area contributed by atoms with Crippen LogP contribution < -0.4 is 15.8 Å². The van der Waals surface area contributed by atoms with Gasteiger partial charge in [-0.3, -0.25) is 9.59 Å². The number of rotatable bonds is 3. The fourth-order valence-corrected chi connectivity index (χ4v) is 2.53. The Morgan fingerprint density at radius 1 is 1.10 bits per heavy atom. The lowest BCUT2D eigenvalue weighted by atomic mass is 10.2. The first kappa shape index (κ1) is 13.4. The zero-order valence-corrected chi connectivity index (χ0v) is 11.6. The molecule has 2 N–H and O–H groups in total. The summed E-state index contributed by atoms with van der Waals surface area (Å²) in [7, 11) is 0. The second-order valence-electron chi connectivity index (χ2n) is 5.13. The van der Waals surface area contributed by atoms with Crippen LogP contribution in [-0.4, -0.2) is 24.0 Å². The van der Waals surface area contributed by atoms with Gasteiger partial charge in [0, 0.05) is 30.5 Å². The van der Waals surface area contributed by atoms with Crippen LogP contribution in [0.25, 0.3) is 0 Å². The third kappa shape index (κ3) is 3.13. The zero-order valence-electron chi connectivity index (χ0n) is 11.6. The number of H-pyrrole nitrogens is 1. The highest BCUT2D eigenvalue weighted by molar-refractivity contribution is 6.03. The number of aromatic nitrogens is 1. The van der Waals surface area contributed by atoms with Gasteiger partial charge in [-0.25, -0.2) is 0 Å². The number of carbonyl (C=O) groups is 1. The molecule has 2 heterocycles. The SMILES string of the molecule is O=C(Nc1cccc(N2CCCC2)c1)c1cccc(=O)[nH]1. The maximum Gasteiger partial charge on any atom is 0.272 e. The number of carbonyl (C=O) groups excluding carboxylic acids is 1. The van der Waals surface area contributed by atoms with E-state index in [1.807, 2.05) is 24.3 Å². The van der Waals surface area contributed by atoms with Crippen molar-refractivity contribution in [3.05, 3.63) is 58.5 Å². The summed E-state index contributed by atoms with van der Waals surface area (Å²) in [6.45, 7) is 2.12. The quantitative estimate of drug-likeness (QED) is 0.908. The van der Waals surface area contributed by atoms with Crippen LogP contribution in [0.3, 0.4) is 0 Å². The minimum absolute atomic E-state index is 0.258. The third-order valence-corrected chi connectivity index (χ3v) is 3.59. The molecule has 0 bridgehead atoms. The molecule has 5 nitrogen and oxygen atoms in total. The van der Waals surface area contributed by atoms with Crippen molar-refractivity contribution in [3.8, 4) is 0 Å². The summed E-state index contributed by atoms with van der Waals surface area (Å²) in [6, 6.07) is 12.3. The molecular formula is C16H17N3O2. The molecule has 0 aliphatic carbocycles. The summed E-state index contributed by atoms with van der Waals surface area (Å²) >= 11 is 0. The van der Waals surface area contributed by atoms with Gasteiger partial charge in [0.25, 0.3) is 5.91 Å². The summed E-state index contributed by atoms with van der Waals surface area (Å²) in [4.78, 5) is 28.2. The van der Waals surface area contributed by atoms with Crippen LogP contribution in [0.2, 0.25) is 0 Å². The van der Waals surface area contributed by atoms with E-state index in [1.54, 1.807) is 12.1 Å². The molecule has 3 rings (SSSR count). The molecule has 108 valence electrons. The number of nitrogens with zero attached hydrogens (tertiary/aromatic N) is 1. The summed E-state index contributed by atoms with van der Waals surface area (Å²) < 4.78 is 0. The fraction of sp³-hybridized carbons (Fsp3) is 0.250. The molecule has 1 amide bonds. The Morgan fingerprint density at radius 3 is 2.62 bits per heavy atom. The Labute approximate surface area is 122 Å². The molecule has 1 aliphatic rings. The highest BCUT2D eigenvalue weighted by Gasteiger charge is 2.13. The highest BCUT2D eigenvalue weighted by Crippen LogP contribution is 2.23. The van der Waals surface area contributed by atoms with Crippen molar-refractivity contribution >= 4 is 17.3 Å². The van der Waals surface area contributed by atoms with Crippen LogP contribution in [0.5, 0.6) is 0 Å². The van der Waals surface area contributed by atoms with E-state index in [0.29, 0.717) is 0 Å². The molecule has 1 aliphatic heterocycles. The van der Waals surface area contributed by atoms with Crippen LogP contribution in [0.1, 0.15) is 23.3 Å². The topological polar surface area (TPSA) is 65.2 Å². The number of benzene rings is 1. The largest absolute Gasteiger partial charge is 0.371 e. The Morgan fingerprint density at radius 2 is 1.86 bits per heavy atom. The first-order chi connectivity index (χ1) is 10.2. The van der Waals surface area contributed by atoms with Gasteiger partial charge in [0.05, 0.1) is 0 Å². The molecule has 5 heteroatoms. The van der Waals surface area contributed by atoms with E-state index in [9.17, 15) is 9.59 Å². The van der Waals surface area contributed by atoms with Crippen LogP contribution in [0.4, 0.5) is 11.4 Å². The van der Waals surface area contributed by atoms with E-state index in [4.69, 9.17) is 0 Å². The number of pyridine rings is 1. The maximum atomic E-state index is 12.1. The minimum Gasteiger partial charge on any atom is -0.371 e. The van der Waals surface area contributed by atoms with E-state index in [-0.39, 0.29) is 17.2 Å².